The van der Waals surface area contributed by atoms with E-state index in [0.717, 1.165) is 0 Å². The van der Waals surface area contributed by atoms with E-state index in [1.165, 1.54) is 17.2 Å². The average molecular weight is 278 g/mol. The third kappa shape index (κ3) is 3.40. The topological polar surface area (TPSA) is 43.1 Å². The summed E-state index contributed by atoms with van der Waals surface area (Å²) in [5.41, 5.74) is 0.154. The van der Waals surface area contributed by atoms with E-state index in [4.69, 9.17) is 23.2 Å². The Hall–Kier alpha value is -0.710. The van der Waals surface area contributed by atoms with E-state index in [9.17, 15) is 10.1 Å². The molecule has 1 aromatic carbocycles. The average Bonchev–Trinajstić information content (AvgIpc) is 2.24. The number of hydrogen-bond acceptors (Lipinski definition) is 3. The van der Waals surface area contributed by atoms with Gasteiger partial charge >= 0.3 is 0 Å². The third-order valence-electron chi connectivity index (χ3n) is 1.83. The zero-order valence-corrected chi connectivity index (χ0v) is 10.8. The van der Waals surface area contributed by atoms with Crippen LogP contribution in [0.3, 0.4) is 0 Å². The predicted molar refractivity (Wildman–Crippen MR) is 67.7 cm³/mol. The number of rotatable bonds is 4. The fourth-order valence-electron chi connectivity index (χ4n) is 0.962. The molecule has 0 fully saturated rings. The highest BCUT2D eigenvalue weighted by molar-refractivity contribution is 8.02. The van der Waals surface area contributed by atoms with Gasteiger partial charge in [0, 0.05) is 16.7 Å². The van der Waals surface area contributed by atoms with Crippen molar-refractivity contribution >= 4 is 35.0 Å². The molecule has 0 saturated carbocycles. The van der Waals surface area contributed by atoms with Crippen LogP contribution in [0.5, 0.6) is 0 Å². The number of nitro groups is 1. The summed E-state index contributed by atoms with van der Waals surface area (Å²) < 4.78 is 0. The molecular formula is C10H9Cl2NO2S. The molecule has 0 radical (unpaired) electrons. The lowest BCUT2D eigenvalue weighted by atomic mass is 10.4. The second-order valence-corrected chi connectivity index (χ2v) is 4.59. The number of benzene rings is 1. The van der Waals surface area contributed by atoms with Crippen LogP contribution < -0.4 is 0 Å². The van der Waals surface area contributed by atoms with E-state index in [2.05, 4.69) is 0 Å². The van der Waals surface area contributed by atoms with Crippen LogP contribution in [0, 0.1) is 10.1 Å². The summed E-state index contributed by atoms with van der Waals surface area (Å²) in [5.74, 6) is 0. The van der Waals surface area contributed by atoms with E-state index >= 15 is 0 Å². The van der Waals surface area contributed by atoms with Crippen molar-refractivity contribution in [2.75, 3.05) is 0 Å². The second-order valence-electron chi connectivity index (χ2n) is 2.89. The molecule has 0 unspecified atom stereocenters. The van der Waals surface area contributed by atoms with Crippen LogP contribution in [0.15, 0.2) is 34.2 Å². The maximum absolute atomic E-state index is 10.6. The predicted octanol–water partition coefficient (Wildman–Crippen LogP) is 4.61. The molecule has 1 rings (SSSR count). The fraction of sp³-hybridized carbons (Fsp3) is 0.200. The minimum atomic E-state index is -0.397. The molecule has 0 saturated heterocycles. The van der Waals surface area contributed by atoms with Crippen LogP contribution in [0.1, 0.15) is 13.3 Å². The second kappa shape index (κ2) is 6.13. The van der Waals surface area contributed by atoms with Crippen LogP contribution in [0.2, 0.25) is 10.0 Å². The van der Waals surface area contributed by atoms with Crippen molar-refractivity contribution in [3.63, 3.8) is 0 Å². The Morgan fingerprint density at radius 2 is 2.25 bits per heavy atom. The van der Waals surface area contributed by atoms with Crippen molar-refractivity contribution in [2.45, 2.75) is 18.2 Å². The molecule has 0 aliphatic heterocycles. The Bertz CT molecular complexity index is 435. The lowest BCUT2D eigenvalue weighted by molar-refractivity contribution is -0.427. The quantitative estimate of drug-likeness (QED) is 0.458. The van der Waals surface area contributed by atoms with Gasteiger partial charge in [0.15, 0.2) is 0 Å². The first-order chi connectivity index (χ1) is 7.56. The first-order valence-electron chi connectivity index (χ1n) is 4.50. The summed E-state index contributed by atoms with van der Waals surface area (Å²) in [4.78, 5) is 10.9. The van der Waals surface area contributed by atoms with Gasteiger partial charge in [-0.25, -0.2) is 0 Å². The summed E-state index contributed by atoms with van der Waals surface area (Å²) in [6.07, 6.45) is 0.373. The summed E-state index contributed by atoms with van der Waals surface area (Å²) in [6.45, 7) is 1.73. The van der Waals surface area contributed by atoms with E-state index in [0.29, 0.717) is 21.4 Å². The molecule has 0 atom stereocenters. The van der Waals surface area contributed by atoms with Crippen molar-refractivity contribution in [1.29, 1.82) is 0 Å². The van der Waals surface area contributed by atoms with E-state index in [1.807, 2.05) is 0 Å². The van der Waals surface area contributed by atoms with Gasteiger partial charge in [0.25, 0.3) is 5.70 Å². The molecule has 6 heteroatoms. The molecule has 0 N–H and O–H groups in total. The summed E-state index contributed by atoms with van der Waals surface area (Å²) in [6, 6.07) is 5.19. The van der Waals surface area contributed by atoms with E-state index in [-0.39, 0.29) is 5.70 Å². The Morgan fingerprint density at radius 3 is 2.81 bits per heavy atom. The molecule has 0 aliphatic rings. The Morgan fingerprint density at radius 1 is 1.56 bits per heavy atom. The van der Waals surface area contributed by atoms with Gasteiger partial charge in [0.2, 0.25) is 0 Å². The van der Waals surface area contributed by atoms with Gasteiger partial charge in [0.1, 0.15) is 0 Å². The highest BCUT2D eigenvalue weighted by atomic mass is 35.5. The largest absolute Gasteiger partial charge is 0.259 e. The van der Waals surface area contributed by atoms with Crippen molar-refractivity contribution in [3.05, 3.63) is 49.5 Å². The van der Waals surface area contributed by atoms with E-state index < -0.39 is 4.92 Å². The lowest BCUT2D eigenvalue weighted by Gasteiger charge is -2.01. The van der Waals surface area contributed by atoms with Gasteiger partial charge in [-0.2, -0.15) is 0 Å². The molecule has 3 nitrogen and oxygen atoms in total. The molecule has 1 aromatic rings. The van der Waals surface area contributed by atoms with Gasteiger partial charge in [-0.3, -0.25) is 10.1 Å². The van der Waals surface area contributed by atoms with Gasteiger partial charge in [0.05, 0.1) is 15.0 Å². The molecule has 16 heavy (non-hydrogen) atoms. The van der Waals surface area contributed by atoms with Crippen molar-refractivity contribution in [1.82, 2.24) is 0 Å². The number of thioether (sulfide) groups is 1. The Balaban J connectivity index is 2.89. The molecule has 0 aromatic heterocycles. The molecule has 0 bridgehead atoms. The van der Waals surface area contributed by atoms with Crippen LogP contribution >= 0.6 is 35.0 Å². The molecule has 0 amide bonds. The van der Waals surface area contributed by atoms with Crippen molar-refractivity contribution < 1.29 is 4.92 Å². The van der Waals surface area contributed by atoms with Gasteiger partial charge < -0.3 is 0 Å². The number of nitrogens with zero attached hydrogens (tertiary/aromatic N) is 1. The summed E-state index contributed by atoms with van der Waals surface area (Å²) in [5, 5.41) is 12.9. The van der Waals surface area contributed by atoms with Gasteiger partial charge in [-0.1, -0.05) is 48.0 Å². The zero-order valence-electron chi connectivity index (χ0n) is 8.44. The monoisotopic (exact) mass is 277 g/mol. The van der Waals surface area contributed by atoms with Crippen LogP contribution in [-0.4, -0.2) is 4.92 Å². The first kappa shape index (κ1) is 13.4. The molecule has 86 valence electrons. The highest BCUT2D eigenvalue weighted by Gasteiger charge is 2.09. The number of hydrogen-bond donors (Lipinski definition) is 0. The third-order valence-corrected chi connectivity index (χ3v) is 3.75. The molecular weight excluding hydrogens is 269 g/mol. The highest BCUT2D eigenvalue weighted by Crippen LogP contribution is 2.34. The number of halogens is 2. The SMILES string of the molecule is CCC(=CSc1cccc(Cl)c1Cl)[N+](=O)[O-]. The Kier molecular flexibility index (Phi) is 5.12. The maximum Gasteiger partial charge on any atom is 0.252 e. The van der Waals surface area contributed by atoms with Crippen LogP contribution in [0.4, 0.5) is 0 Å². The number of allylic oxidation sites excluding steroid dienone is 1. The summed E-state index contributed by atoms with van der Waals surface area (Å²) >= 11 is 13.0. The van der Waals surface area contributed by atoms with Crippen molar-refractivity contribution in [2.24, 2.45) is 0 Å². The Labute approximate surface area is 108 Å². The summed E-state index contributed by atoms with van der Waals surface area (Å²) in [7, 11) is 0. The zero-order chi connectivity index (χ0) is 12.1. The standard InChI is InChI=1S/C10H9Cl2NO2S/c1-2-7(13(14)15)6-16-9-5-3-4-8(11)10(9)12/h3-6H,2H2,1H3. The normalized spacial score (nSPS) is 11.6. The first-order valence-corrected chi connectivity index (χ1v) is 6.14. The molecule has 0 aliphatic carbocycles. The minimum Gasteiger partial charge on any atom is -0.259 e. The molecule has 0 spiro atoms. The van der Waals surface area contributed by atoms with Gasteiger partial charge in [-0.05, 0) is 12.1 Å². The fourth-order valence-corrected chi connectivity index (χ4v) is 2.34. The van der Waals surface area contributed by atoms with E-state index in [1.54, 1.807) is 25.1 Å². The van der Waals surface area contributed by atoms with Crippen LogP contribution in [-0.2, 0) is 0 Å². The molecule has 0 heterocycles. The minimum absolute atomic E-state index is 0.154. The van der Waals surface area contributed by atoms with Gasteiger partial charge in [-0.15, -0.1) is 0 Å². The lowest BCUT2D eigenvalue weighted by Crippen LogP contribution is -1.95. The van der Waals surface area contributed by atoms with Crippen molar-refractivity contribution in [3.8, 4) is 0 Å². The smallest absolute Gasteiger partial charge is 0.252 e. The van der Waals surface area contributed by atoms with Crippen LogP contribution in [0.25, 0.3) is 0 Å². The maximum atomic E-state index is 10.6.